The largest absolute Gasteiger partial charge is 0.137 e. The summed E-state index contributed by atoms with van der Waals surface area (Å²) < 4.78 is 2.31. The number of benzene rings is 2. The summed E-state index contributed by atoms with van der Waals surface area (Å²) in [6, 6.07) is 20.9. The summed E-state index contributed by atoms with van der Waals surface area (Å²) in [5, 5.41) is 0. The Morgan fingerprint density at radius 3 is 1.67 bits per heavy atom. The molecule has 3 rings (SSSR count). The lowest BCUT2D eigenvalue weighted by molar-refractivity contribution is 1.59. The van der Waals surface area contributed by atoms with Crippen LogP contribution in [0.3, 0.4) is 0 Å². The van der Waals surface area contributed by atoms with Crippen molar-refractivity contribution in [1.82, 2.24) is 0 Å². The van der Waals surface area contributed by atoms with E-state index in [1.807, 2.05) is 12.1 Å². The molecule has 0 atom stereocenters. The molecule has 0 bridgehead atoms. The number of hydrogen-bond donors (Lipinski definition) is 0. The van der Waals surface area contributed by atoms with Gasteiger partial charge in [-0.3, -0.25) is 0 Å². The zero-order valence-corrected chi connectivity index (χ0v) is 15.4. The van der Waals surface area contributed by atoms with Gasteiger partial charge in [-0.15, -0.1) is 0 Å². The van der Waals surface area contributed by atoms with E-state index in [0.717, 1.165) is 4.66 Å². The second-order valence-electron chi connectivity index (χ2n) is 5.74. The number of allylic oxidation sites excluding steroid dienone is 2. The molecule has 0 spiro atoms. The Balaban J connectivity index is 2.27. The molecule has 0 aromatic heterocycles. The van der Waals surface area contributed by atoms with Crippen molar-refractivity contribution in [3.05, 3.63) is 80.6 Å². The predicted octanol–water partition coefficient (Wildman–Crippen LogP) is 6.24. The molecule has 3 heteroatoms. The van der Waals surface area contributed by atoms with Gasteiger partial charge < -0.3 is 0 Å². The molecule has 0 aliphatic carbocycles. The fourth-order valence-corrected chi connectivity index (χ4v) is 6.53. The summed E-state index contributed by atoms with van der Waals surface area (Å²) in [7, 11) is -1.80. The number of rotatable bonds is 2. The zero-order chi connectivity index (χ0) is 15.0. The molecule has 2 aromatic carbocycles. The van der Waals surface area contributed by atoms with Gasteiger partial charge in [-0.1, -0.05) is 101 Å². The first-order valence-electron chi connectivity index (χ1n) is 6.95. The maximum atomic E-state index is 6.81. The zero-order valence-electron chi connectivity index (χ0n) is 12.0. The van der Waals surface area contributed by atoms with Crippen LogP contribution in [0, 0.1) is 0 Å². The Hall–Kier alpha value is -1.09. The molecule has 0 fully saturated rings. The van der Waals surface area contributed by atoms with Crippen molar-refractivity contribution in [2.45, 2.75) is 13.1 Å². The first kappa shape index (κ1) is 14.8. The van der Waals surface area contributed by atoms with Crippen LogP contribution < -0.4 is 0 Å². The van der Waals surface area contributed by atoms with Crippen LogP contribution in [0.5, 0.6) is 0 Å². The molecule has 21 heavy (non-hydrogen) atoms. The van der Waals surface area contributed by atoms with Gasteiger partial charge in [0.25, 0.3) is 0 Å². The molecule has 1 aliphatic heterocycles. The maximum Gasteiger partial charge on any atom is 0.137 e. The van der Waals surface area contributed by atoms with E-state index in [9.17, 15) is 0 Å². The minimum Gasteiger partial charge on any atom is -0.0931 e. The van der Waals surface area contributed by atoms with Crippen LogP contribution in [0.25, 0.3) is 11.1 Å². The van der Waals surface area contributed by atoms with Crippen molar-refractivity contribution >= 4 is 46.8 Å². The highest BCUT2D eigenvalue weighted by molar-refractivity contribution is 9.12. The van der Waals surface area contributed by atoms with Crippen molar-refractivity contribution in [3.8, 4) is 0 Å². The van der Waals surface area contributed by atoms with Crippen LogP contribution >= 0.6 is 27.5 Å². The highest BCUT2D eigenvalue weighted by Gasteiger charge is 2.40. The van der Waals surface area contributed by atoms with E-state index < -0.39 is 8.07 Å². The second-order valence-corrected chi connectivity index (χ2v) is 12.2. The standard InChI is InChI=1S/C18H16BrClSi/c1-21(2)17(19)15(13-9-5-3-6-10-13)16(18(21)20)14-11-7-4-8-12-14/h3-12H,1-2H3. The van der Waals surface area contributed by atoms with E-state index in [1.165, 1.54) is 26.4 Å². The fraction of sp³-hybridized carbons (Fsp3) is 0.111. The normalized spacial score (nSPS) is 17.5. The average molecular weight is 376 g/mol. The quantitative estimate of drug-likeness (QED) is 0.545. The third kappa shape index (κ3) is 2.46. The topological polar surface area (TPSA) is 0 Å². The first-order chi connectivity index (χ1) is 10.0. The van der Waals surface area contributed by atoms with Crippen molar-refractivity contribution in [1.29, 1.82) is 0 Å². The molecule has 0 nitrogen and oxygen atoms in total. The highest BCUT2D eigenvalue weighted by atomic mass is 79.9. The van der Waals surface area contributed by atoms with Gasteiger partial charge in [0.2, 0.25) is 0 Å². The van der Waals surface area contributed by atoms with Crippen molar-refractivity contribution < 1.29 is 0 Å². The molecule has 0 unspecified atom stereocenters. The minimum absolute atomic E-state index is 1.03. The van der Waals surface area contributed by atoms with Crippen molar-refractivity contribution in [3.63, 3.8) is 0 Å². The molecular weight excluding hydrogens is 360 g/mol. The summed E-state index contributed by atoms with van der Waals surface area (Å²) in [6.45, 7) is 4.58. The Labute approximate surface area is 140 Å². The van der Waals surface area contributed by atoms with Gasteiger partial charge in [0.1, 0.15) is 8.07 Å². The molecule has 0 radical (unpaired) electrons. The van der Waals surface area contributed by atoms with Gasteiger partial charge in [-0.2, -0.15) is 0 Å². The average Bonchev–Trinajstić information content (AvgIpc) is 2.69. The molecule has 1 aliphatic rings. The number of hydrogen-bond acceptors (Lipinski definition) is 0. The van der Waals surface area contributed by atoms with Crippen LogP contribution in [0.2, 0.25) is 13.1 Å². The van der Waals surface area contributed by atoms with E-state index in [1.54, 1.807) is 0 Å². The molecule has 106 valence electrons. The minimum atomic E-state index is -1.80. The van der Waals surface area contributed by atoms with Gasteiger partial charge in [0.15, 0.2) is 0 Å². The molecule has 0 saturated carbocycles. The lowest BCUT2D eigenvalue weighted by atomic mass is 9.95. The summed E-state index contributed by atoms with van der Waals surface area (Å²) in [4.78, 5) is 0. The van der Waals surface area contributed by atoms with Gasteiger partial charge in [0, 0.05) is 10.2 Å². The highest BCUT2D eigenvalue weighted by Crippen LogP contribution is 2.51. The van der Waals surface area contributed by atoms with Gasteiger partial charge in [0.05, 0.1) is 0 Å². The summed E-state index contributed by atoms with van der Waals surface area (Å²) in [5.74, 6) is 0. The lowest BCUT2D eigenvalue weighted by Gasteiger charge is -2.16. The molecule has 1 heterocycles. The number of halogens is 2. The Kier molecular flexibility index (Phi) is 3.95. The van der Waals surface area contributed by atoms with Gasteiger partial charge in [-0.25, -0.2) is 0 Å². The van der Waals surface area contributed by atoms with Crippen LogP contribution in [0.15, 0.2) is 69.4 Å². The van der Waals surface area contributed by atoms with Crippen molar-refractivity contribution in [2.75, 3.05) is 0 Å². The first-order valence-corrected chi connectivity index (χ1v) is 11.1. The van der Waals surface area contributed by atoms with Crippen LogP contribution in [-0.2, 0) is 0 Å². The molecule has 0 saturated heterocycles. The van der Waals surface area contributed by atoms with E-state index >= 15 is 0 Å². The van der Waals surface area contributed by atoms with Gasteiger partial charge >= 0.3 is 0 Å². The summed E-state index contributed by atoms with van der Waals surface area (Å²) in [6.07, 6.45) is 0. The second kappa shape index (κ2) is 5.60. The summed E-state index contributed by atoms with van der Waals surface area (Å²) >= 11 is 10.7. The fourth-order valence-electron chi connectivity index (χ4n) is 2.69. The third-order valence-corrected chi connectivity index (χ3v) is 11.6. The predicted molar refractivity (Wildman–Crippen MR) is 99.0 cm³/mol. The molecular formula is C18H16BrClSi. The van der Waals surface area contributed by atoms with E-state index in [0.29, 0.717) is 0 Å². The van der Waals surface area contributed by atoms with E-state index in [2.05, 4.69) is 77.6 Å². The van der Waals surface area contributed by atoms with E-state index in [-0.39, 0.29) is 0 Å². The Morgan fingerprint density at radius 1 is 0.762 bits per heavy atom. The molecule has 0 amide bonds. The van der Waals surface area contributed by atoms with Crippen LogP contribution in [0.4, 0.5) is 0 Å². The Bertz CT molecular complexity index is 667. The van der Waals surface area contributed by atoms with Gasteiger partial charge in [-0.05, 0) is 20.8 Å². The van der Waals surface area contributed by atoms with Crippen LogP contribution in [0.1, 0.15) is 11.1 Å². The van der Waals surface area contributed by atoms with E-state index in [4.69, 9.17) is 11.6 Å². The maximum absolute atomic E-state index is 6.81. The Morgan fingerprint density at radius 2 is 1.19 bits per heavy atom. The molecule has 2 aromatic rings. The lowest BCUT2D eigenvalue weighted by Crippen LogP contribution is -2.25. The third-order valence-electron chi connectivity index (χ3n) is 3.91. The molecule has 0 N–H and O–H groups in total. The van der Waals surface area contributed by atoms with Crippen LogP contribution in [-0.4, -0.2) is 8.07 Å². The smallest absolute Gasteiger partial charge is 0.0931 e. The SMILES string of the molecule is C[Si]1(C)C(Cl)=C(c2ccccc2)C(c2ccccc2)=C1Br. The monoisotopic (exact) mass is 374 g/mol. The summed E-state index contributed by atoms with van der Waals surface area (Å²) in [5.41, 5.74) is 4.85. The van der Waals surface area contributed by atoms with Crippen molar-refractivity contribution in [2.24, 2.45) is 0 Å².